The summed E-state index contributed by atoms with van der Waals surface area (Å²) >= 11 is 1.86. The average molecular weight is 578 g/mol. The minimum Gasteiger partial charge on any atom is -0.310 e. The molecule has 0 spiro atoms. The van der Waals surface area contributed by atoms with Gasteiger partial charge >= 0.3 is 0 Å². The Morgan fingerprint density at radius 1 is 0.341 bits per heavy atom. The Kier molecular flexibility index (Phi) is 5.75. The van der Waals surface area contributed by atoms with Crippen molar-refractivity contribution in [2.24, 2.45) is 0 Å². The number of fused-ring (bicyclic) bond motifs is 8. The van der Waals surface area contributed by atoms with Gasteiger partial charge in [-0.05, 0) is 92.0 Å². The van der Waals surface area contributed by atoms with Crippen LogP contribution in [0.1, 0.15) is 0 Å². The van der Waals surface area contributed by atoms with E-state index in [0.717, 1.165) is 17.1 Å². The second kappa shape index (κ2) is 10.1. The number of nitrogens with zero attached hydrogens (tertiary/aromatic N) is 1. The van der Waals surface area contributed by atoms with Gasteiger partial charge in [0.1, 0.15) is 0 Å². The highest BCUT2D eigenvalue weighted by Crippen LogP contribution is 2.41. The average Bonchev–Trinajstić information content (AvgIpc) is 3.46. The van der Waals surface area contributed by atoms with Gasteiger partial charge in [-0.25, -0.2) is 0 Å². The molecule has 0 bridgehead atoms. The maximum Gasteiger partial charge on any atom is 0.0476 e. The molecule has 1 heterocycles. The third kappa shape index (κ3) is 4.07. The molecule has 0 aliphatic heterocycles. The van der Waals surface area contributed by atoms with Gasteiger partial charge in [0.05, 0.1) is 0 Å². The number of rotatable bonds is 4. The first kappa shape index (κ1) is 25.1. The van der Waals surface area contributed by atoms with Crippen molar-refractivity contribution in [3.05, 3.63) is 164 Å². The first-order valence-electron chi connectivity index (χ1n) is 15.0. The molecule has 9 aromatic rings. The van der Waals surface area contributed by atoms with Crippen LogP contribution in [0.15, 0.2) is 164 Å². The summed E-state index contributed by atoms with van der Waals surface area (Å²) in [5.74, 6) is 0. The Balaban J connectivity index is 1.13. The van der Waals surface area contributed by atoms with Crippen molar-refractivity contribution in [3.63, 3.8) is 0 Å². The molecule has 0 radical (unpaired) electrons. The second-order valence-corrected chi connectivity index (χ2v) is 12.5. The number of thiophene rings is 1. The van der Waals surface area contributed by atoms with Crippen LogP contribution in [-0.2, 0) is 0 Å². The van der Waals surface area contributed by atoms with E-state index >= 15 is 0 Å². The van der Waals surface area contributed by atoms with Gasteiger partial charge in [0.15, 0.2) is 0 Å². The molecule has 0 unspecified atom stereocenters. The molecule has 0 fully saturated rings. The van der Waals surface area contributed by atoms with Gasteiger partial charge in [0.25, 0.3) is 0 Å². The number of hydrogen-bond acceptors (Lipinski definition) is 2. The van der Waals surface area contributed by atoms with Crippen LogP contribution in [0.25, 0.3) is 63.6 Å². The number of para-hydroxylation sites is 1. The lowest BCUT2D eigenvalue weighted by molar-refractivity contribution is 1.29. The van der Waals surface area contributed by atoms with Crippen molar-refractivity contribution in [1.82, 2.24) is 0 Å². The van der Waals surface area contributed by atoms with Crippen molar-refractivity contribution < 1.29 is 0 Å². The van der Waals surface area contributed by atoms with Crippen molar-refractivity contribution in [2.75, 3.05) is 4.90 Å². The maximum atomic E-state index is 2.35. The van der Waals surface area contributed by atoms with E-state index in [2.05, 4.69) is 169 Å². The number of benzene rings is 8. The summed E-state index contributed by atoms with van der Waals surface area (Å²) < 4.78 is 2.63. The second-order valence-electron chi connectivity index (χ2n) is 11.4. The summed E-state index contributed by atoms with van der Waals surface area (Å²) in [5, 5.41) is 10.4. The standard InChI is InChI=1S/C42H27NS/c1-2-9-33(10-3-1)43(35-23-25-39-38-12-6-7-13-40(38)44-41(39)27-35)34-21-18-28(19-22-34)31-20-24-37-32(26-31)17-16-30-15-14-29-8-4-5-11-36(29)42(30)37/h1-27H. The molecule has 9 rings (SSSR count). The monoisotopic (exact) mass is 577 g/mol. The summed E-state index contributed by atoms with van der Waals surface area (Å²) in [6.07, 6.45) is 0. The van der Waals surface area contributed by atoms with Crippen LogP contribution in [-0.4, -0.2) is 0 Å². The summed E-state index contributed by atoms with van der Waals surface area (Å²) in [6.45, 7) is 0. The van der Waals surface area contributed by atoms with Crippen LogP contribution >= 0.6 is 11.3 Å². The lowest BCUT2D eigenvalue weighted by Crippen LogP contribution is -2.09. The molecule has 2 heteroatoms. The largest absolute Gasteiger partial charge is 0.310 e. The number of anilines is 3. The van der Waals surface area contributed by atoms with E-state index < -0.39 is 0 Å². The third-order valence-electron chi connectivity index (χ3n) is 8.82. The highest BCUT2D eigenvalue weighted by atomic mass is 32.1. The molecule has 206 valence electrons. The highest BCUT2D eigenvalue weighted by molar-refractivity contribution is 7.25. The SMILES string of the molecule is c1ccc(N(c2ccc(-c3ccc4c(ccc5ccc6ccccc6c54)c3)cc2)c2ccc3c(c2)sc2ccccc23)cc1. The molecular weight excluding hydrogens is 551 g/mol. The first-order chi connectivity index (χ1) is 21.8. The fourth-order valence-corrected chi connectivity index (χ4v) is 7.84. The van der Waals surface area contributed by atoms with Crippen molar-refractivity contribution in [2.45, 2.75) is 0 Å². The van der Waals surface area contributed by atoms with Gasteiger partial charge in [-0.2, -0.15) is 0 Å². The van der Waals surface area contributed by atoms with E-state index in [1.165, 1.54) is 63.6 Å². The van der Waals surface area contributed by atoms with Gasteiger partial charge in [-0.15, -0.1) is 11.3 Å². The van der Waals surface area contributed by atoms with Crippen LogP contribution < -0.4 is 4.90 Å². The van der Waals surface area contributed by atoms with Crippen molar-refractivity contribution in [1.29, 1.82) is 0 Å². The van der Waals surface area contributed by atoms with Crippen LogP contribution in [0.2, 0.25) is 0 Å². The molecule has 0 saturated heterocycles. The molecule has 0 saturated carbocycles. The van der Waals surface area contributed by atoms with Crippen LogP contribution in [0.5, 0.6) is 0 Å². The molecule has 44 heavy (non-hydrogen) atoms. The fourth-order valence-electron chi connectivity index (χ4n) is 6.70. The fraction of sp³-hybridized carbons (Fsp3) is 0. The van der Waals surface area contributed by atoms with Crippen molar-refractivity contribution >= 4 is 80.9 Å². The minimum atomic E-state index is 1.14. The lowest BCUT2D eigenvalue weighted by atomic mass is 9.94. The normalized spacial score (nSPS) is 11.6. The summed E-state index contributed by atoms with van der Waals surface area (Å²) in [7, 11) is 0. The Morgan fingerprint density at radius 3 is 1.80 bits per heavy atom. The maximum absolute atomic E-state index is 2.35. The van der Waals surface area contributed by atoms with Gasteiger partial charge in [-0.3, -0.25) is 0 Å². The van der Waals surface area contributed by atoms with Crippen LogP contribution in [0, 0.1) is 0 Å². The molecule has 0 amide bonds. The topological polar surface area (TPSA) is 3.24 Å². The van der Waals surface area contributed by atoms with Gasteiger partial charge in [0.2, 0.25) is 0 Å². The Bertz CT molecular complexity index is 2490. The zero-order chi connectivity index (χ0) is 29.0. The molecule has 0 aliphatic rings. The summed E-state index contributed by atoms with van der Waals surface area (Å²) in [4.78, 5) is 2.35. The quantitative estimate of drug-likeness (QED) is 0.188. The smallest absolute Gasteiger partial charge is 0.0476 e. The van der Waals surface area contributed by atoms with Crippen molar-refractivity contribution in [3.8, 4) is 11.1 Å². The molecular formula is C42H27NS. The highest BCUT2D eigenvalue weighted by Gasteiger charge is 2.15. The van der Waals surface area contributed by atoms with Gasteiger partial charge in [0, 0.05) is 37.2 Å². The van der Waals surface area contributed by atoms with Gasteiger partial charge < -0.3 is 4.90 Å². The Labute approximate surface area is 259 Å². The summed E-state index contributed by atoms with van der Waals surface area (Å²) in [6, 6.07) is 59.7. The zero-order valence-electron chi connectivity index (χ0n) is 23.9. The molecule has 8 aromatic carbocycles. The molecule has 0 aliphatic carbocycles. The third-order valence-corrected chi connectivity index (χ3v) is 9.95. The Morgan fingerprint density at radius 2 is 0.932 bits per heavy atom. The number of hydrogen-bond donors (Lipinski definition) is 0. The van der Waals surface area contributed by atoms with E-state index in [1.54, 1.807) is 0 Å². The zero-order valence-corrected chi connectivity index (χ0v) is 24.8. The molecule has 0 N–H and O–H groups in total. The lowest BCUT2D eigenvalue weighted by Gasteiger charge is -2.25. The molecule has 1 aromatic heterocycles. The van der Waals surface area contributed by atoms with E-state index in [9.17, 15) is 0 Å². The van der Waals surface area contributed by atoms with E-state index in [-0.39, 0.29) is 0 Å². The Hall–Kier alpha value is -5.44. The first-order valence-corrected chi connectivity index (χ1v) is 15.8. The molecule has 1 nitrogen and oxygen atoms in total. The molecule has 0 atom stereocenters. The minimum absolute atomic E-state index is 1.14. The van der Waals surface area contributed by atoms with Gasteiger partial charge in [-0.1, -0.05) is 115 Å². The van der Waals surface area contributed by atoms with E-state index in [0.29, 0.717) is 0 Å². The predicted molar refractivity (Wildman–Crippen MR) is 192 cm³/mol. The predicted octanol–water partition coefficient (Wildman–Crippen LogP) is 12.7. The van der Waals surface area contributed by atoms with Crippen LogP contribution in [0.4, 0.5) is 17.1 Å². The van der Waals surface area contributed by atoms with Crippen LogP contribution in [0.3, 0.4) is 0 Å². The summed E-state index contributed by atoms with van der Waals surface area (Å²) in [5.41, 5.74) is 5.88. The van der Waals surface area contributed by atoms with E-state index in [4.69, 9.17) is 0 Å². The van der Waals surface area contributed by atoms with E-state index in [1.807, 2.05) is 11.3 Å².